The fraction of sp³-hybridized carbons (Fsp3) is 0.471. The van der Waals surface area contributed by atoms with Crippen LogP contribution in [0, 0.1) is 5.92 Å². The van der Waals surface area contributed by atoms with Crippen molar-refractivity contribution in [3.8, 4) is 5.75 Å². The molecule has 1 aromatic rings. The predicted octanol–water partition coefficient (Wildman–Crippen LogP) is 1.94. The number of urea groups is 1. The van der Waals surface area contributed by atoms with E-state index in [4.69, 9.17) is 16.3 Å². The molecule has 0 saturated carbocycles. The van der Waals surface area contributed by atoms with Crippen LogP contribution in [0.4, 0.5) is 10.5 Å². The zero-order valence-corrected chi connectivity index (χ0v) is 15.0. The number of hydrogen-bond acceptors (Lipinski definition) is 4. The lowest BCUT2D eigenvalue weighted by Crippen LogP contribution is -2.57. The molecule has 0 aromatic heterocycles. The number of likely N-dealkylation sites (tertiary alicyclic amines) is 1. The Morgan fingerprint density at radius 1 is 1.38 bits per heavy atom. The maximum Gasteiger partial charge on any atom is 0.321 e. The minimum Gasteiger partial charge on any atom is -0.495 e. The Bertz CT molecular complexity index is 746. The molecule has 26 heavy (non-hydrogen) atoms. The van der Waals surface area contributed by atoms with Crippen molar-refractivity contribution in [1.82, 2.24) is 10.2 Å². The molecular formula is C17H20ClN3O5. The maximum atomic E-state index is 12.5. The molecule has 3 rings (SSSR count). The number of aliphatic carboxylic acids is 1. The van der Waals surface area contributed by atoms with Crippen LogP contribution in [0.5, 0.6) is 5.75 Å². The van der Waals surface area contributed by atoms with Gasteiger partial charge in [-0.3, -0.25) is 9.59 Å². The van der Waals surface area contributed by atoms with Gasteiger partial charge in [0.1, 0.15) is 5.75 Å². The Balaban J connectivity index is 1.63. The topological polar surface area (TPSA) is 108 Å². The molecule has 1 spiro atoms. The molecule has 0 bridgehead atoms. The van der Waals surface area contributed by atoms with Crippen LogP contribution in [0.25, 0.3) is 0 Å². The quantitative estimate of drug-likeness (QED) is 0.741. The van der Waals surface area contributed by atoms with Crippen LogP contribution in [-0.4, -0.2) is 53.7 Å². The summed E-state index contributed by atoms with van der Waals surface area (Å²) in [7, 11) is 1.51. The first-order valence-corrected chi connectivity index (χ1v) is 8.66. The lowest BCUT2D eigenvalue weighted by Gasteiger charge is -2.41. The van der Waals surface area contributed by atoms with Gasteiger partial charge in [-0.1, -0.05) is 11.6 Å². The van der Waals surface area contributed by atoms with Crippen molar-refractivity contribution < 1.29 is 24.2 Å². The molecule has 2 fully saturated rings. The number of nitrogens with one attached hydrogen (secondary N) is 2. The van der Waals surface area contributed by atoms with E-state index in [1.807, 2.05) is 0 Å². The van der Waals surface area contributed by atoms with Gasteiger partial charge in [-0.2, -0.15) is 0 Å². The summed E-state index contributed by atoms with van der Waals surface area (Å²) in [6.07, 6.45) is 0.810. The zero-order valence-electron chi connectivity index (χ0n) is 14.3. The van der Waals surface area contributed by atoms with Crippen LogP contribution in [-0.2, 0) is 9.59 Å². The number of carbonyl (C=O) groups is 3. The number of ether oxygens (including phenoxy) is 1. The molecule has 1 aromatic carbocycles. The van der Waals surface area contributed by atoms with Gasteiger partial charge in [0.05, 0.1) is 23.6 Å². The van der Waals surface area contributed by atoms with E-state index < -0.39 is 17.4 Å². The van der Waals surface area contributed by atoms with Crippen molar-refractivity contribution >= 4 is 35.2 Å². The van der Waals surface area contributed by atoms with Crippen molar-refractivity contribution in [1.29, 1.82) is 0 Å². The Morgan fingerprint density at radius 2 is 2.08 bits per heavy atom. The molecule has 2 saturated heterocycles. The van der Waals surface area contributed by atoms with E-state index in [1.165, 1.54) is 7.11 Å². The van der Waals surface area contributed by atoms with Crippen LogP contribution in [0.3, 0.4) is 0 Å². The standard InChI is InChI=1S/C17H20ClN3O5/c1-26-13-3-2-10(8-12(13)18)19-16(25)21-6-4-17(5-7-21)11(15(23)24)9-14(22)20-17/h2-3,8,11H,4-7,9H2,1H3,(H,19,25)(H,20,22)(H,23,24)/t11-/m0/s1. The van der Waals surface area contributed by atoms with Gasteiger partial charge in [-0.25, -0.2) is 4.79 Å². The molecule has 9 heteroatoms. The Morgan fingerprint density at radius 3 is 2.65 bits per heavy atom. The summed E-state index contributed by atoms with van der Waals surface area (Å²) < 4.78 is 5.08. The highest BCUT2D eigenvalue weighted by molar-refractivity contribution is 6.32. The number of hydrogen-bond donors (Lipinski definition) is 3. The molecule has 8 nitrogen and oxygen atoms in total. The highest BCUT2D eigenvalue weighted by atomic mass is 35.5. The normalized spacial score (nSPS) is 21.4. The van der Waals surface area contributed by atoms with E-state index in [9.17, 15) is 19.5 Å². The number of carbonyl (C=O) groups excluding carboxylic acids is 2. The van der Waals surface area contributed by atoms with Gasteiger partial charge in [-0.05, 0) is 31.0 Å². The molecule has 0 unspecified atom stereocenters. The lowest BCUT2D eigenvalue weighted by atomic mass is 9.78. The second-order valence-corrected chi connectivity index (χ2v) is 6.97. The summed E-state index contributed by atoms with van der Waals surface area (Å²) in [5.74, 6) is -1.46. The van der Waals surface area contributed by atoms with Crippen LogP contribution >= 0.6 is 11.6 Å². The second-order valence-electron chi connectivity index (χ2n) is 6.57. The molecule has 1 atom stereocenters. The van der Waals surface area contributed by atoms with E-state index in [2.05, 4.69) is 10.6 Å². The molecule has 2 aliphatic rings. The number of benzene rings is 1. The molecule has 2 aliphatic heterocycles. The third-order valence-corrected chi connectivity index (χ3v) is 5.38. The molecule has 3 N–H and O–H groups in total. The van der Waals surface area contributed by atoms with Crippen molar-refractivity contribution in [2.75, 3.05) is 25.5 Å². The van der Waals surface area contributed by atoms with Gasteiger partial charge >= 0.3 is 12.0 Å². The number of piperidine rings is 1. The Labute approximate surface area is 155 Å². The summed E-state index contributed by atoms with van der Waals surface area (Å²) in [4.78, 5) is 37.2. The highest BCUT2D eigenvalue weighted by Crippen LogP contribution is 2.37. The molecule has 0 aliphatic carbocycles. The average Bonchev–Trinajstić information content (AvgIpc) is 2.92. The van der Waals surface area contributed by atoms with Gasteiger partial charge in [0.2, 0.25) is 5.91 Å². The van der Waals surface area contributed by atoms with Crippen LogP contribution < -0.4 is 15.4 Å². The molecule has 140 valence electrons. The third-order valence-electron chi connectivity index (χ3n) is 5.09. The van der Waals surface area contributed by atoms with Crippen molar-refractivity contribution in [2.24, 2.45) is 5.92 Å². The summed E-state index contributed by atoms with van der Waals surface area (Å²) in [6.45, 7) is 0.722. The minimum absolute atomic E-state index is 0.00806. The summed E-state index contributed by atoms with van der Waals surface area (Å²) in [6, 6.07) is 4.65. The van der Waals surface area contributed by atoms with Crippen LogP contribution in [0.15, 0.2) is 18.2 Å². The molecule has 0 radical (unpaired) electrons. The number of anilines is 1. The monoisotopic (exact) mass is 381 g/mol. The first-order valence-electron chi connectivity index (χ1n) is 8.28. The van der Waals surface area contributed by atoms with Gasteiger partial charge in [0.15, 0.2) is 0 Å². The average molecular weight is 382 g/mol. The summed E-state index contributed by atoms with van der Waals surface area (Å²) in [5.41, 5.74) is -0.220. The summed E-state index contributed by atoms with van der Waals surface area (Å²) >= 11 is 6.05. The van der Waals surface area contributed by atoms with E-state index >= 15 is 0 Å². The van der Waals surface area contributed by atoms with Crippen LogP contribution in [0.1, 0.15) is 19.3 Å². The van der Waals surface area contributed by atoms with Crippen molar-refractivity contribution in [3.63, 3.8) is 0 Å². The number of halogens is 1. The van der Waals surface area contributed by atoms with E-state index in [0.29, 0.717) is 42.4 Å². The lowest BCUT2D eigenvalue weighted by molar-refractivity contribution is -0.144. The fourth-order valence-corrected chi connectivity index (χ4v) is 3.91. The maximum absolute atomic E-state index is 12.5. The van der Waals surface area contributed by atoms with E-state index in [-0.39, 0.29) is 18.4 Å². The molecular weight excluding hydrogens is 362 g/mol. The molecule has 3 amide bonds. The van der Waals surface area contributed by atoms with E-state index in [1.54, 1.807) is 23.1 Å². The van der Waals surface area contributed by atoms with Gasteiger partial charge in [0.25, 0.3) is 0 Å². The number of rotatable bonds is 3. The first-order chi connectivity index (χ1) is 12.3. The third kappa shape index (κ3) is 3.41. The van der Waals surface area contributed by atoms with Gasteiger partial charge < -0.3 is 25.4 Å². The van der Waals surface area contributed by atoms with Crippen molar-refractivity contribution in [2.45, 2.75) is 24.8 Å². The number of methoxy groups -OCH3 is 1. The predicted molar refractivity (Wildman–Crippen MR) is 94.4 cm³/mol. The smallest absolute Gasteiger partial charge is 0.321 e. The first kappa shape index (κ1) is 18.3. The number of carboxylic acids is 1. The second kappa shape index (κ2) is 7.03. The van der Waals surface area contributed by atoms with Crippen molar-refractivity contribution in [3.05, 3.63) is 23.2 Å². The Hall–Kier alpha value is -2.48. The largest absolute Gasteiger partial charge is 0.495 e. The number of amides is 3. The van der Waals surface area contributed by atoms with Gasteiger partial charge in [0, 0.05) is 25.2 Å². The number of carboxylic acid groups (broad SMARTS) is 1. The van der Waals surface area contributed by atoms with Crippen LogP contribution in [0.2, 0.25) is 5.02 Å². The molecule has 2 heterocycles. The van der Waals surface area contributed by atoms with E-state index in [0.717, 1.165) is 0 Å². The minimum atomic E-state index is -0.978. The summed E-state index contributed by atoms with van der Waals surface area (Å²) in [5, 5.41) is 15.4. The highest BCUT2D eigenvalue weighted by Gasteiger charge is 2.52. The Kier molecular flexibility index (Phi) is 4.95. The van der Waals surface area contributed by atoms with Gasteiger partial charge in [-0.15, -0.1) is 0 Å². The number of nitrogens with zero attached hydrogens (tertiary/aromatic N) is 1. The fourth-order valence-electron chi connectivity index (χ4n) is 3.65. The zero-order chi connectivity index (χ0) is 18.9. The SMILES string of the molecule is COc1ccc(NC(=O)N2CCC3(CC2)NC(=O)C[C@H]3C(=O)O)cc1Cl.